The summed E-state index contributed by atoms with van der Waals surface area (Å²) in [5, 5.41) is 9.74. The van der Waals surface area contributed by atoms with Crippen molar-refractivity contribution in [3.05, 3.63) is 52.6 Å². The molecule has 2 unspecified atom stereocenters. The molecule has 1 N–H and O–H groups in total. The lowest BCUT2D eigenvalue weighted by atomic mass is 9.90. The topological polar surface area (TPSA) is 38.7 Å². The molecule has 0 aliphatic carbocycles. The Labute approximate surface area is 137 Å². The van der Waals surface area contributed by atoms with Gasteiger partial charge < -0.3 is 14.6 Å². The van der Waals surface area contributed by atoms with Crippen molar-refractivity contribution in [2.75, 3.05) is 7.11 Å². The van der Waals surface area contributed by atoms with Gasteiger partial charge in [-0.05, 0) is 48.2 Å². The van der Waals surface area contributed by atoms with Crippen LogP contribution in [0.25, 0.3) is 0 Å². The molecule has 0 fully saturated rings. The summed E-state index contributed by atoms with van der Waals surface area (Å²) in [6, 6.07) is 10.0. The first-order valence-electron chi connectivity index (χ1n) is 8.22. The lowest BCUT2D eigenvalue weighted by Crippen LogP contribution is -2.07. The maximum atomic E-state index is 9.74. The minimum atomic E-state index is -0.0462. The van der Waals surface area contributed by atoms with Gasteiger partial charge in [0.15, 0.2) is 11.5 Å². The van der Waals surface area contributed by atoms with E-state index in [9.17, 15) is 5.11 Å². The third kappa shape index (κ3) is 2.76. The molecule has 2 aromatic carbocycles. The molecule has 0 saturated heterocycles. The molecule has 0 spiro atoms. The second-order valence-corrected chi connectivity index (χ2v) is 6.34. The first-order valence-corrected chi connectivity index (χ1v) is 8.22. The van der Waals surface area contributed by atoms with Crippen LogP contribution in [0.1, 0.15) is 54.5 Å². The number of rotatable bonds is 4. The number of hydrogen-bond acceptors (Lipinski definition) is 3. The number of benzene rings is 2. The van der Waals surface area contributed by atoms with Gasteiger partial charge in [-0.25, -0.2) is 0 Å². The number of aromatic hydroxyl groups is 1. The fraction of sp³-hybridized carbons (Fsp3) is 0.400. The summed E-state index contributed by atoms with van der Waals surface area (Å²) >= 11 is 0. The predicted octanol–water partition coefficient (Wildman–Crippen LogP) is 4.90. The lowest BCUT2D eigenvalue weighted by Gasteiger charge is -2.17. The molecule has 1 heterocycles. The number of fused-ring (bicyclic) bond motifs is 1. The normalized spacial score (nSPS) is 19.3. The molecule has 0 bridgehead atoms. The molecule has 0 saturated carbocycles. The zero-order valence-electron chi connectivity index (χ0n) is 14.2. The molecular weight excluding hydrogens is 288 g/mol. The van der Waals surface area contributed by atoms with Gasteiger partial charge in [-0.15, -0.1) is 0 Å². The average Bonchev–Trinajstić information content (AvgIpc) is 2.87. The molecule has 3 nitrogen and oxygen atoms in total. The largest absolute Gasteiger partial charge is 0.508 e. The molecule has 3 heteroatoms. The van der Waals surface area contributed by atoms with Crippen LogP contribution < -0.4 is 9.47 Å². The minimum absolute atomic E-state index is 0.0462. The van der Waals surface area contributed by atoms with Gasteiger partial charge in [-0.2, -0.15) is 0 Å². The van der Waals surface area contributed by atoms with E-state index in [0.717, 1.165) is 35.5 Å². The van der Waals surface area contributed by atoms with Crippen molar-refractivity contribution in [3.63, 3.8) is 0 Å². The van der Waals surface area contributed by atoms with Crippen LogP contribution in [-0.2, 0) is 6.42 Å². The maximum Gasteiger partial charge on any atom is 0.165 e. The van der Waals surface area contributed by atoms with Crippen LogP contribution in [0.4, 0.5) is 0 Å². The summed E-state index contributed by atoms with van der Waals surface area (Å²) < 4.78 is 11.8. The lowest BCUT2D eigenvalue weighted by molar-refractivity contribution is 0.208. The van der Waals surface area contributed by atoms with Gasteiger partial charge in [-0.3, -0.25) is 0 Å². The van der Waals surface area contributed by atoms with Gasteiger partial charge in [-0.1, -0.05) is 32.4 Å². The molecule has 23 heavy (non-hydrogen) atoms. The van der Waals surface area contributed by atoms with Crippen molar-refractivity contribution >= 4 is 0 Å². The van der Waals surface area contributed by atoms with Gasteiger partial charge in [0.05, 0.1) is 7.11 Å². The molecule has 0 aromatic heterocycles. The molecule has 1 aliphatic rings. The van der Waals surface area contributed by atoms with Crippen LogP contribution in [-0.4, -0.2) is 12.2 Å². The highest BCUT2D eigenvalue weighted by atomic mass is 16.5. The average molecular weight is 312 g/mol. The van der Waals surface area contributed by atoms with Crippen LogP contribution in [0.3, 0.4) is 0 Å². The van der Waals surface area contributed by atoms with Crippen molar-refractivity contribution in [2.45, 2.75) is 45.6 Å². The summed E-state index contributed by atoms with van der Waals surface area (Å²) in [4.78, 5) is 0. The van der Waals surface area contributed by atoms with E-state index in [4.69, 9.17) is 9.47 Å². The zero-order valence-corrected chi connectivity index (χ0v) is 14.2. The first-order chi connectivity index (χ1) is 11.0. The molecule has 3 rings (SSSR count). The van der Waals surface area contributed by atoms with Crippen LogP contribution in [0, 0.1) is 6.92 Å². The summed E-state index contributed by atoms with van der Waals surface area (Å²) in [7, 11) is 1.69. The molecular formula is C20H24O3. The summed E-state index contributed by atoms with van der Waals surface area (Å²) in [6.45, 7) is 6.28. The zero-order chi connectivity index (χ0) is 16.6. The summed E-state index contributed by atoms with van der Waals surface area (Å²) in [5.41, 5.74) is 4.46. The predicted molar refractivity (Wildman–Crippen MR) is 91.6 cm³/mol. The molecule has 122 valence electrons. The van der Waals surface area contributed by atoms with Crippen molar-refractivity contribution in [2.24, 2.45) is 0 Å². The second kappa shape index (κ2) is 6.15. The van der Waals surface area contributed by atoms with E-state index in [2.05, 4.69) is 26.0 Å². The van der Waals surface area contributed by atoms with Crippen LogP contribution in [0.5, 0.6) is 17.2 Å². The second-order valence-electron chi connectivity index (χ2n) is 6.34. The van der Waals surface area contributed by atoms with Crippen LogP contribution in [0.2, 0.25) is 0 Å². The standard InChI is InChI=1S/C20H24O3/c1-5-6-14-10-16-13(3)19(23-20(16)18(11-14)22-4)15-7-8-17(21)12(2)9-15/h7-11,13,19,21H,5-6H2,1-4H3. The Kier molecular flexibility index (Phi) is 4.20. The smallest absolute Gasteiger partial charge is 0.165 e. The Hall–Kier alpha value is -2.16. The van der Waals surface area contributed by atoms with Crippen molar-refractivity contribution in [1.29, 1.82) is 0 Å². The van der Waals surface area contributed by atoms with Crippen LogP contribution in [0.15, 0.2) is 30.3 Å². The fourth-order valence-corrected chi connectivity index (χ4v) is 3.34. The van der Waals surface area contributed by atoms with Gasteiger partial charge in [0.25, 0.3) is 0 Å². The molecule has 2 atom stereocenters. The third-order valence-corrected chi connectivity index (χ3v) is 4.64. The minimum Gasteiger partial charge on any atom is -0.508 e. The Balaban J connectivity index is 2.00. The monoisotopic (exact) mass is 312 g/mol. The molecule has 1 aliphatic heterocycles. The highest BCUT2D eigenvalue weighted by Gasteiger charge is 2.35. The fourth-order valence-electron chi connectivity index (χ4n) is 3.34. The van der Waals surface area contributed by atoms with Gasteiger partial charge >= 0.3 is 0 Å². The molecule has 0 radical (unpaired) electrons. The van der Waals surface area contributed by atoms with E-state index in [1.165, 1.54) is 11.1 Å². The Morgan fingerprint density at radius 1 is 1.22 bits per heavy atom. The van der Waals surface area contributed by atoms with E-state index in [0.29, 0.717) is 5.75 Å². The first kappa shape index (κ1) is 15.7. The number of phenolic OH excluding ortho intramolecular Hbond substituents is 1. The highest BCUT2D eigenvalue weighted by Crippen LogP contribution is 2.50. The van der Waals surface area contributed by atoms with Gasteiger partial charge in [0.2, 0.25) is 0 Å². The summed E-state index contributed by atoms with van der Waals surface area (Å²) in [6.07, 6.45) is 2.10. The van der Waals surface area contributed by atoms with Gasteiger partial charge in [0, 0.05) is 11.5 Å². The van der Waals surface area contributed by atoms with Crippen molar-refractivity contribution in [1.82, 2.24) is 0 Å². The Morgan fingerprint density at radius 3 is 2.65 bits per heavy atom. The maximum absolute atomic E-state index is 9.74. The number of hydrogen-bond donors (Lipinski definition) is 1. The Bertz CT molecular complexity index is 721. The number of phenols is 1. The van der Waals surface area contributed by atoms with Gasteiger partial charge in [0.1, 0.15) is 11.9 Å². The number of aryl methyl sites for hydroxylation is 2. The van der Waals surface area contributed by atoms with Crippen molar-refractivity contribution in [3.8, 4) is 17.2 Å². The van der Waals surface area contributed by atoms with Crippen molar-refractivity contribution < 1.29 is 14.6 Å². The van der Waals surface area contributed by atoms with E-state index in [1.54, 1.807) is 13.2 Å². The molecule has 0 amide bonds. The van der Waals surface area contributed by atoms with Crippen LogP contribution >= 0.6 is 0 Å². The molecule has 2 aromatic rings. The van der Waals surface area contributed by atoms with E-state index in [-0.39, 0.29) is 12.0 Å². The quantitative estimate of drug-likeness (QED) is 0.872. The number of methoxy groups -OCH3 is 1. The van der Waals surface area contributed by atoms with E-state index < -0.39 is 0 Å². The summed E-state index contributed by atoms with van der Waals surface area (Å²) in [5.74, 6) is 2.24. The highest BCUT2D eigenvalue weighted by molar-refractivity contribution is 5.55. The van der Waals surface area contributed by atoms with E-state index in [1.807, 2.05) is 19.1 Å². The number of ether oxygens (including phenoxy) is 2. The van der Waals surface area contributed by atoms with E-state index >= 15 is 0 Å². The Morgan fingerprint density at radius 2 is 2.00 bits per heavy atom. The SMILES string of the molecule is CCCc1cc(OC)c2c(c1)C(C)C(c1ccc(O)c(C)c1)O2. The third-order valence-electron chi connectivity index (χ3n) is 4.64.